The highest BCUT2D eigenvalue weighted by atomic mass is 17.1. The molecular formula is C3H6O7. The van der Waals surface area contributed by atoms with Crippen molar-refractivity contribution in [1.29, 1.82) is 0 Å². The van der Waals surface area contributed by atoms with Crippen LogP contribution in [-0.2, 0) is 14.6 Å². The van der Waals surface area contributed by atoms with Gasteiger partial charge in [-0.1, -0.05) is 0 Å². The molecule has 3 N–H and O–H groups in total. The first kappa shape index (κ1) is 11.5. The van der Waals surface area contributed by atoms with Crippen LogP contribution in [0.3, 0.4) is 0 Å². The van der Waals surface area contributed by atoms with Crippen LogP contribution in [0.2, 0.25) is 0 Å². The molecule has 0 aromatic heterocycles. The molecule has 0 atom stereocenters. The van der Waals surface area contributed by atoms with Crippen molar-refractivity contribution in [3.63, 3.8) is 0 Å². The average Bonchev–Trinajstić information content (AvgIpc) is 1.89. The van der Waals surface area contributed by atoms with E-state index in [4.69, 9.17) is 20.4 Å². The molecule has 0 radical (unpaired) electrons. The van der Waals surface area contributed by atoms with Gasteiger partial charge in [-0.2, -0.15) is 10.5 Å². The Labute approximate surface area is 55.3 Å². The molecule has 0 aliphatic rings. The summed E-state index contributed by atoms with van der Waals surface area (Å²) in [6, 6.07) is 0. The Morgan fingerprint density at radius 2 is 1.40 bits per heavy atom. The van der Waals surface area contributed by atoms with E-state index in [0.717, 1.165) is 6.92 Å². The zero-order valence-corrected chi connectivity index (χ0v) is 4.97. The maximum absolute atomic E-state index is 9.34. The molecule has 0 aliphatic carbocycles. The number of hydrogen-bond acceptors (Lipinski definition) is 6. The highest BCUT2D eigenvalue weighted by Gasteiger charge is 1.84. The summed E-state index contributed by atoms with van der Waals surface area (Å²) in [6.45, 7) is 1.11. The highest BCUT2D eigenvalue weighted by Crippen LogP contribution is 1.60. The van der Waals surface area contributed by atoms with Gasteiger partial charge >= 0.3 is 12.1 Å². The van der Waals surface area contributed by atoms with Crippen LogP contribution in [0.4, 0.5) is 4.79 Å². The summed E-state index contributed by atoms with van der Waals surface area (Å²) in [5, 5.41) is 21.6. The number of carbonyl (C=O) groups is 2. The predicted octanol–water partition coefficient (Wildman–Crippen LogP) is 0.176. The Balaban J connectivity index is 0. The summed E-state index contributed by atoms with van der Waals surface area (Å²) in [5.41, 5.74) is 0. The Kier molecular flexibility index (Phi) is 8.78. The Morgan fingerprint density at radius 3 is 1.40 bits per heavy atom. The van der Waals surface area contributed by atoms with Gasteiger partial charge in [0.05, 0.1) is 0 Å². The largest absolute Gasteiger partial charge is 0.537 e. The second-order valence-corrected chi connectivity index (χ2v) is 0.940. The van der Waals surface area contributed by atoms with Crippen molar-refractivity contribution in [1.82, 2.24) is 0 Å². The van der Waals surface area contributed by atoms with Gasteiger partial charge in [0.1, 0.15) is 0 Å². The molecule has 0 aromatic carbocycles. The maximum Gasteiger partial charge on any atom is 0.537 e. The molecule has 0 unspecified atom stereocenters. The Morgan fingerprint density at radius 1 is 1.20 bits per heavy atom. The molecule has 0 amide bonds. The lowest BCUT2D eigenvalue weighted by atomic mass is 10.9. The van der Waals surface area contributed by atoms with Gasteiger partial charge in [-0.15, -0.1) is 0 Å². The van der Waals surface area contributed by atoms with Crippen LogP contribution >= 0.6 is 0 Å². The van der Waals surface area contributed by atoms with Gasteiger partial charge in [0, 0.05) is 6.92 Å². The van der Waals surface area contributed by atoms with Crippen LogP contribution in [0.1, 0.15) is 6.92 Å². The molecule has 7 heteroatoms. The molecule has 60 valence electrons. The minimum atomic E-state index is -1.69. The first-order valence-electron chi connectivity index (χ1n) is 1.91. The monoisotopic (exact) mass is 154 g/mol. The standard InChI is InChI=1S/C2H4O3.CH2O4/c1-2(3)5-4;2-1(3)5-4/h4H,1H3;4H,(H,2,3). The van der Waals surface area contributed by atoms with E-state index >= 15 is 0 Å². The number of carbonyl (C=O) groups excluding carboxylic acids is 1. The fourth-order valence-electron chi connectivity index (χ4n) is 0. The number of hydrogen-bond donors (Lipinski definition) is 3. The van der Waals surface area contributed by atoms with Crippen molar-refractivity contribution in [2.24, 2.45) is 0 Å². The zero-order valence-electron chi connectivity index (χ0n) is 4.97. The lowest BCUT2D eigenvalue weighted by Crippen LogP contribution is -1.91. The zero-order chi connectivity index (χ0) is 8.57. The Hall–Kier alpha value is -1.34. The summed E-state index contributed by atoms with van der Waals surface area (Å²) in [7, 11) is 0. The van der Waals surface area contributed by atoms with Gasteiger partial charge < -0.3 is 9.99 Å². The van der Waals surface area contributed by atoms with E-state index in [2.05, 4.69) is 9.78 Å². The quantitative estimate of drug-likeness (QED) is 0.336. The summed E-state index contributed by atoms with van der Waals surface area (Å²) in [5.74, 6) is -0.690. The molecule has 0 aromatic rings. The van der Waals surface area contributed by atoms with E-state index in [1.165, 1.54) is 0 Å². The van der Waals surface area contributed by atoms with Crippen molar-refractivity contribution in [3.05, 3.63) is 0 Å². The van der Waals surface area contributed by atoms with Gasteiger partial charge in [-0.3, -0.25) is 4.89 Å². The maximum atomic E-state index is 9.34. The number of rotatable bonds is 0. The lowest BCUT2D eigenvalue weighted by Gasteiger charge is -1.76. The van der Waals surface area contributed by atoms with Crippen LogP contribution in [0, 0.1) is 0 Å². The minimum absolute atomic E-state index is 0.690. The third-order valence-electron chi connectivity index (χ3n) is 0.207. The molecule has 7 nitrogen and oxygen atoms in total. The van der Waals surface area contributed by atoms with E-state index in [-0.39, 0.29) is 0 Å². The Bertz CT molecular complexity index is 93.4. The lowest BCUT2D eigenvalue weighted by molar-refractivity contribution is -0.231. The second kappa shape index (κ2) is 7.66. The average molecular weight is 154 g/mol. The van der Waals surface area contributed by atoms with E-state index < -0.39 is 12.1 Å². The molecule has 0 rings (SSSR count). The van der Waals surface area contributed by atoms with Crippen LogP contribution in [0.15, 0.2) is 0 Å². The van der Waals surface area contributed by atoms with E-state index in [0.29, 0.717) is 0 Å². The van der Waals surface area contributed by atoms with Gasteiger partial charge in [0.2, 0.25) is 0 Å². The molecule has 0 fully saturated rings. The van der Waals surface area contributed by atoms with E-state index in [9.17, 15) is 4.79 Å². The number of carboxylic acid groups (broad SMARTS) is 1. The third kappa shape index (κ3) is 30.2. The van der Waals surface area contributed by atoms with Crippen LogP contribution in [0.5, 0.6) is 0 Å². The summed E-state index contributed by atoms with van der Waals surface area (Å²) in [4.78, 5) is 24.0. The molecule has 0 aliphatic heterocycles. The first-order chi connectivity index (χ1) is 4.54. The predicted molar refractivity (Wildman–Crippen MR) is 26.1 cm³/mol. The summed E-state index contributed by atoms with van der Waals surface area (Å²) >= 11 is 0. The van der Waals surface area contributed by atoms with Crippen molar-refractivity contribution in [3.8, 4) is 0 Å². The molecule has 0 spiro atoms. The molecule has 10 heavy (non-hydrogen) atoms. The fourth-order valence-corrected chi connectivity index (χ4v) is 0. The van der Waals surface area contributed by atoms with Gasteiger partial charge in [0.15, 0.2) is 0 Å². The molecule has 0 bridgehead atoms. The van der Waals surface area contributed by atoms with Gasteiger partial charge in [-0.05, 0) is 0 Å². The highest BCUT2D eigenvalue weighted by molar-refractivity contribution is 5.64. The minimum Gasteiger partial charge on any atom is -0.448 e. The van der Waals surface area contributed by atoms with Crippen molar-refractivity contribution in [2.75, 3.05) is 0 Å². The van der Waals surface area contributed by atoms with E-state index in [1.54, 1.807) is 0 Å². The van der Waals surface area contributed by atoms with E-state index in [1.807, 2.05) is 0 Å². The van der Waals surface area contributed by atoms with Crippen LogP contribution < -0.4 is 0 Å². The van der Waals surface area contributed by atoms with Gasteiger partial charge in [-0.25, -0.2) is 9.59 Å². The SMILES string of the molecule is CC(=O)OO.O=C(O)OO. The van der Waals surface area contributed by atoms with Crippen molar-refractivity contribution in [2.45, 2.75) is 6.92 Å². The smallest absolute Gasteiger partial charge is 0.448 e. The topological polar surface area (TPSA) is 113 Å². The first-order valence-corrected chi connectivity index (χ1v) is 1.91. The molecular weight excluding hydrogens is 148 g/mol. The van der Waals surface area contributed by atoms with Crippen molar-refractivity contribution >= 4 is 12.1 Å². The summed E-state index contributed by atoms with van der Waals surface area (Å²) < 4.78 is 0. The third-order valence-corrected chi connectivity index (χ3v) is 0.207. The summed E-state index contributed by atoms with van der Waals surface area (Å²) in [6.07, 6.45) is -1.69. The normalized spacial score (nSPS) is 6.70. The second-order valence-electron chi connectivity index (χ2n) is 0.940. The van der Waals surface area contributed by atoms with Gasteiger partial charge in [0.25, 0.3) is 0 Å². The molecule has 0 saturated heterocycles. The van der Waals surface area contributed by atoms with Crippen LogP contribution in [0.25, 0.3) is 0 Å². The van der Waals surface area contributed by atoms with Crippen molar-refractivity contribution < 1.29 is 35.0 Å². The molecule has 0 heterocycles. The van der Waals surface area contributed by atoms with Crippen LogP contribution in [-0.4, -0.2) is 27.7 Å². The fraction of sp³-hybridized carbons (Fsp3) is 0.333. The molecule has 0 saturated carbocycles.